The van der Waals surface area contributed by atoms with Crippen LogP contribution in [0.3, 0.4) is 0 Å². The van der Waals surface area contributed by atoms with Gasteiger partial charge in [0.15, 0.2) is 24.8 Å². The Balaban J connectivity index is 1.09. The third-order valence-electron chi connectivity index (χ3n) is 12.3. The molecule has 70 heavy (non-hydrogen) atoms. The monoisotopic (exact) mass is 970 g/mol. The van der Waals surface area contributed by atoms with Crippen molar-refractivity contribution < 1.29 is 62.1 Å². The first-order chi connectivity index (χ1) is 33.4. The van der Waals surface area contributed by atoms with Crippen LogP contribution in [0, 0.1) is 23.7 Å². The van der Waals surface area contributed by atoms with Crippen molar-refractivity contribution in [3.05, 3.63) is 59.9 Å². The summed E-state index contributed by atoms with van der Waals surface area (Å²) in [6.45, 7) is 6.28. The number of rotatable bonds is 24. The molecule has 0 radical (unpaired) electrons. The summed E-state index contributed by atoms with van der Waals surface area (Å²) in [5, 5.41) is 17.5. The van der Waals surface area contributed by atoms with Crippen LogP contribution in [0.4, 0.5) is 4.79 Å². The standard InChI is InChI=1S/C49H62N8O13/c1-25(2)17-35(56-47(64)37-21-29-31(52-37)9-7-11-41(29)67-5)45(62)54-33(19-27-13-15-50-43(27)60)39(58)23-69-49(66)70-24-40(59)34(20-28-14-16-51-44(28)61)55-46(63)36(18-26(3)4)57-48(65)38-22-30-32(53-38)10-8-12-42(30)68-6/h7-12,21-22,25-28,33-36,52-53H,13-20,23-24H2,1-6H3,(H,50,60)(H,51,61)(H,54,62)(H,55,63)(H,56,64)(H,57,65)/t27-,28-,33-,34-,35-,36-/m0/s1. The van der Waals surface area contributed by atoms with Gasteiger partial charge in [-0.15, -0.1) is 0 Å². The molecule has 2 saturated heterocycles. The minimum absolute atomic E-state index is 0.0819. The molecule has 0 bridgehead atoms. The van der Waals surface area contributed by atoms with Gasteiger partial charge in [-0.05, 0) is 86.8 Å². The Morgan fingerprint density at radius 2 is 0.986 bits per heavy atom. The highest BCUT2D eigenvalue weighted by Crippen LogP contribution is 2.28. The molecule has 376 valence electrons. The van der Waals surface area contributed by atoms with E-state index in [1.165, 1.54) is 14.2 Å². The topological polar surface area (TPSA) is 294 Å². The van der Waals surface area contributed by atoms with E-state index in [1.807, 2.05) is 27.7 Å². The zero-order chi connectivity index (χ0) is 50.6. The molecule has 0 unspecified atom stereocenters. The first kappa shape index (κ1) is 51.9. The van der Waals surface area contributed by atoms with Crippen LogP contribution in [0.2, 0.25) is 0 Å². The number of ether oxygens (including phenoxy) is 4. The van der Waals surface area contributed by atoms with E-state index in [1.54, 1.807) is 48.5 Å². The van der Waals surface area contributed by atoms with Gasteiger partial charge in [-0.1, -0.05) is 39.8 Å². The van der Waals surface area contributed by atoms with Crippen molar-refractivity contribution in [2.45, 2.75) is 90.4 Å². The van der Waals surface area contributed by atoms with Crippen molar-refractivity contribution in [2.24, 2.45) is 23.7 Å². The lowest BCUT2D eigenvalue weighted by atomic mass is 9.95. The number of nitrogens with one attached hydrogen (secondary N) is 8. The second kappa shape index (κ2) is 23.7. The second-order valence-electron chi connectivity index (χ2n) is 18.4. The number of hydrogen-bond acceptors (Lipinski definition) is 13. The van der Waals surface area contributed by atoms with Crippen LogP contribution in [-0.4, -0.2) is 128 Å². The Hall–Kier alpha value is -7.45. The van der Waals surface area contributed by atoms with Crippen LogP contribution in [0.15, 0.2) is 48.5 Å². The van der Waals surface area contributed by atoms with Crippen molar-refractivity contribution >= 4 is 75.0 Å². The van der Waals surface area contributed by atoms with Crippen molar-refractivity contribution in [1.29, 1.82) is 0 Å². The van der Waals surface area contributed by atoms with E-state index in [0.717, 1.165) is 0 Å². The van der Waals surface area contributed by atoms with Gasteiger partial charge in [-0.25, -0.2) is 4.79 Å². The molecule has 2 aromatic carbocycles. The van der Waals surface area contributed by atoms with Gasteiger partial charge in [-0.3, -0.25) is 38.4 Å². The Labute approximate surface area is 404 Å². The maximum atomic E-state index is 13.9. The number of amides is 6. The van der Waals surface area contributed by atoms with Gasteiger partial charge in [0, 0.05) is 46.7 Å². The van der Waals surface area contributed by atoms with E-state index in [-0.39, 0.29) is 60.7 Å². The molecule has 0 aliphatic carbocycles. The third-order valence-corrected chi connectivity index (χ3v) is 12.3. The molecular formula is C49H62N8O13. The van der Waals surface area contributed by atoms with Gasteiger partial charge in [0.2, 0.25) is 23.6 Å². The van der Waals surface area contributed by atoms with Gasteiger partial charge < -0.3 is 60.8 Å². The summed E-state index contributed by atoms with van der Waals surface area (Å²) in [5.74, 6) is -5.21. The van der Waals surface area contributed by atoms with E-state index >= 15 is 0 Å². The quantitative estimate of drug-likeness (QED) is 0.0470. The summed E-state index contributed by atoms with van der Waals surface area (Å²) in [6, 6.07) is 8.85. The Kier molecular flexibility index (Phi) is 17.6. The predicted molar refractivity (Wildman–Crippen MR) is 254 cm³/mol. The SMILES string of the molecule is COc1cccc2[nH]c(C(=O)N[C@@H](CC(C)C)C(=O)N[C@@H](C[C@@H]3CCNC3=O)C(=O)COC(=O)OCC(=O)[C@H](C[C@@H]3CCNC3=O)NC(=O)[C@H](CC(C)C)NC(=O)c3cc4c(OC)cccc4[nH]3)cc12. The molecule has 21 heteroatoms. The summed E-state index contributed by atoms with van der Waals surface area (Å²) in [4.78, 5) is 126. The average molecular weight is 971 g/mol. The fourth-order valence-electron chi connectivity index (χ4n) is 8.63. The molecule has 4 aromatic rings. The number of carbonyl (C=O) groups excluding carboxylic acids is 9. The largest absolute Gasteiger partial charge is 0.509 e. The number of carbonyl (C=O) groups is 9. The Morgan fingerprint density at radius 1 is 0.586 bits per heavy atom. The number of hydrogen-bond donors (Lipinski definition) is 8. The molecule has 6 atom stereocenters. The van der Waals surface area contributed by atoms with E-state index in [2.05, 4.69) is 41.9 Å². The molecule has 2 aliphatic heterocycles. The van der Waals surface area contributed by atoms with Crippen LogP contribution in [0.25, 0.3) is 21.8 Å². The number of benzene rings is 2. The third kappa shape index (κ3) is 13.4. The Morgan fingerprint density at radius 3 is 1.33 bits per heavy atom. The second-order valence-corrected chi connectivity index (χ2v) is 18.4. The lowest BCUT2D eigenvalue weighted by Crippen LogP contribution is -2.53. The predicted octanol–water partition coefficient (Wildman–Crippen LogP) is 2.97. The van der Waals surface area contributed by atoms with Gasteiger partial charge >= 0.3 is 6.16 Å². The fraction of sp³-hybridized carbons (Fsp3) is 0.490. The van der Waals surface area contributed by atoms with Crippen LogP contribution in [0.5, 0.6) is 11.5 Å². The van der Waals surface area contributed by atoms with Gasteiger partial charge in [-0.2, -0.15) is 0 Å². The molecule has 6 rings (SSSR count). The molecule has 2 aromatic heterocycles. The maximum Gasteiger partial charge on any atom is 0.509 e. The molecule has 0 spiro atoms. The van der Waals surface area contributed by atoms with Crippen LogP contribution >= 0.6 is 0 Å². The maximum absolute atomic E-state index is 13.9. The summed E-state index contributed by atoms with van der Waals surface area (Å²) in [7, 11) is 3.01. The lowest BCUT2D eigenvalue weighted by molar-refractivity contribution is -0.133. The highest BCUT2D eigenvalue weighted by Gasteiger charge is 2.36. The zero-order valence-corrected chi connectivity index (χ0v) is 40.1. The van der Waals surface area contributed by atoms with E-state index in [9.17, 15) is 43.2 Å². The molecule has 2 fully saturated rings. The minimum Gasteiger partial charge on any atom is -0.496 e. The summed E-state index contributed by atoms with van der Waals surface area (Å²) < 4.78 is 21.0. The summed E-state index contributed by atoms with van der Waals surface area (Å²) >= 11 is 0. The average Bonchev–Trinajstić information content (AvgIpc) is 4.15. The number of Topliss-reactive ketones (excluding diaryl/α,β-unsaturated/α-hetero) is 2. The number of aromatic nitrogens is 2. The first-order valence-electron chi connectivity index (χ1n) is 23.4. The zero-order valence-electron chi connectivity index (χ0n) is 40.1. The van der Waals surface area contributed by atoms with Crippen LogP contribution in [-0.2, 0) is 38.2 Å². The van der Waals surface area contributed by atoms with Crippen molar-refractivity contribution in [1.82, 2.24) is 41.9 Å². The first-order valence-corrected chi connectivity index (χ1v) is 23.4. The van der Waals surface area contributed by atoms with Crippen molar-refractivity contribution in [3.63, 3.8) is 0 Å². The highest BCUT2D eigenvalue weighted by atomic mass is 16.7. The van der Waals surface area contributed by atoms with Crippen LogP contribution in [0.1, 0.15) is 87.2 Å². The molecule has 21 nitrogen and oxygen atoms in total. The van der Waals surface area contributed by atoms with Crippen molar-refractivity contribution in [3.8, 4) is 11.5 Å². The molecule has 8 N–H and O–H groups in total. The van der Waals surface area contributed by atoms with Gasteiger partial charge in [0.25, 0.3) is 11.8 Å². The number of ketones is 2. The van der Waals surface area contributed by atoms with Gasteiger partial charge in [0.1, 0.15) is 35.0 Å². The fourth-order valence-corrected chi connectivity index (χ4v) is 8.63. The molecule has 6 amide bonds. The smallest absolute Gasteiger partial charge is 0.496 e. The molecular weight excluding hydrogens is 909 g/mol. The number of fused-ring (bicyclic) bond motifs is 2. The number of methoxy groups -OCH3 is 2. The lowest BCUT2D eigenvalue weighted by Gasteiger charge is -2.25. The molecule has 4 heterocycles. The molecule has 0 saturated carbocycles. The highest BCUT2D eigenvalue weighted by molar-refractivity contribution is 6.03. The summed E-state index contributed by atoms with van der Waals surface area (Å²) in [5.41, 5.74) is 1.62. The molecule has 2 aliphatic rings. The van der Waals surface area contributed by atoms with E-state index in [4.69, 9.17) is 18.9 Å². The van der Waals surface area contributed by atoms with Gasteiger partial charge in [0.05, 0.1) is 26.3 Å². The Bertz CT molecular complexity index is 2430. The van der Waals surface area contributed by atoms with E-state index in [0.29, 0.717) is 59.2 Å². The number of H-pyrrole nitrogens is 2. The normalized spacial score (nSPS) is 17.3. The number of aromatic amines is 2. The van der Waals surface area contributed by atoms with Crippen LogP contribution < -0.4 is 41.4 Å². The van der Waals surface area contributed by atoms with Crippen molar-refractivity contribution in [2.75, 3.05) is 40.5 Å². The minimum atomic E-state index is -1.42. The summed E-state index contributed by atoms with van der Waals surface area (Å²) in [6.07, 6.45) is -0.569. The van der Waals surface area contributed by atoms with E-state index < -0.39 is 90.6 Å².